The Morgan fingerprint density at radius 3 is 2.77 bits per heavy atom. The van der Waals surface area contributed by atoms with Gasteiger partial charge in [-0.2, -0.15) is 0 Å². The molecule has 152 valence electrons. The first kappa shape index (κ1) is 19.8. The second-order valence-electron chi connectivity index (χ2n) is 7.02. The number of carbonyl (C=O) groups is 1. The molecule has 2 heterocycles. The van der Waals surface area contributed by atoms with Gasteiger partial charge >= 0.3 is 0 Å². The lowest BCUT2D eigenvalue weighted by atomic mass is 9.99. The number of fused-ring (bicyclic) bond motifs is 1. The van der Waals surface area contributed by atoms with E-state index in [-0.39, 0.29) is 12.5 Å². The third-order valence-electron chi connectivity index (χ3n) is 4.98. The summed E-state index contributed by atoms with van der Waals surface area (Å²) >= 11 is 0. The number of nitrogens with one attached hydrogen (secondary N) is 2. The van der Waals surface area contributed by atoms with E-state index in [1.54, 1.807) is 16.8 Å². The van der Waals surface area contributed by atoms with E-state index in [0.29, 0.717) is 24.3 Å². The van der Waals surface area contributed by atoms with Crippen LogP contribution in [0.2, 0.25) is 0 Å². The highest BCUT2D eigenvalue weighted by atomic mass is 16.3. The molecule has 0 aliphatic heterocycles. The Hall–Kier alpha value is -3.55. The molecular weight excluding hydrogens is 378 g/mol. The number of anilines is 1. The average molecular weight is 401 g/mol. The number of rotatable bonds is 7. The fourth-order valence-corrected chi connectivity index (χ4v) is 3.46. The number of benzene rings is 2. The molecule has 2 aromatic heterocycles. The second kappa shape index (κ2) is 8.86. The van der Waals surface area contributed by atoms with Crippen LogP contribution >= 0.6 is 0 Å². The van der Waals surface area contributed by atoms with Crippen LogP contribution in [0.4, 0.5) is 5.69 Å². The van der Waals surface area contributed by atoms with Crippen molar-refractivity contribution in [1.82, 2.24) is 19.9 Å². The molecule has 0 spiro atoms. The van der Waals surface area contributed by atoms with E-state index in [9.17, 15) is 4.79 Å². The molecule has 0 radical (unpaired) electrons. The summed E-state index contributed by atoms with van der Waals surface area (Å²) in [5, 5.41) is 23.2. The Morgan fingerprint density at radius 1 is 1.13 bits per heavy atom. The normalized spacial score (nSPS) is 11.0. The van der Waals surface area contributed by atoms with Gasteiger partial charge in [-0.1, -0.05) is 42.5 Å². The van der Waals surface area contributed by atoms with Gasteiger partial charge in [-0.05, 0) is 41.3 Å². The maximum Gasteiger partial charge on any atom is 0.259 e. The van der Waals surface area contributed by atoms with Gasteiger partial charge in [-0.25, -0.2) is 0 Å². The predicted octanol–water partition coefficient (Wildman–Crippen LogP) is 3.04. The molecule has 3 N–H and O–H groups in total. The molecule has 0 atom stereocenters. The van der Waals surface area contributed by atoms with Gasteiger partial charge in [0, 0.05) is 25.0 Å². The zero-order valence-corrected chi connectivity index (χ0v) is 16.7. The summed E-state index contributed by atoms with van der Waals surface area (Å²) in [5.74, 6) is -0.245. The second-order valence-corrected chi connectivity index (χ2v) is 7.02. The Balaban J connectivity index is 1.64. The molecule has 2 aromatic carbocycles. The molecule has 7 heteroatoms. The van der Waals surface area contributed by atoms with Gasteiger partial charge in [0.1, 0.15) is 6.33 Å². The first-order valence-electron chi connectivity index (χ1n) is 9.77. The molecule has 0 fully saturated rings. The minimum absolute atomic E-state index is 0.0548. The molecule has 0 saturated carbocycles. The Bertz CT molecular complexity index is 1170. The highest BCUT2D eigenvalue weighted by molar-refractivity contribution is 6.09. The van der Waals surface area contributed by atoms with Crippen molar-refractivity contribution in [2.24, 2.45) is 0 Å². The lowest BCUT2D eigenvalue weighted by molar-refractivity contribution is 0.102. The maximum atomic E-state index is 13.2. The van der Waals surface area contributed by atoms with Gasteiger partial charge in [0.05, 0.1) is 12.2 Å². The van der Waals surface area contributed by atoms with E-state index in [2.05, 4.69) is 33.0 Å². The topological polar surface area (TPSA) is 91.5 Å². The van der Waals surface area contributed by atoms with Gasteiger partial charge in [0.25, 0.3) is 5.91 Å². The molecule has 7 nitrogen and oxygen atoms in total. The standard InChI is InChI=1S/C23H23N5O2/c1-16-19(18-6-3-2-4-7-18)8-5-9-21(16)26-23(30)20-12-17(13-24-10-11-29)14-28-15-25-27-22(20)28/h2-9,12,14-15,24,29H,10-11,13H2,1H3,(H,26,30). The highest BCUT2D eigenvalue weighted by Crippen LogP contribution is 2.29. The van der Waals surface area contributed by atoms with Crippen molar-refractivity contribution in [3.8, 4) is 11.1 Å². The molecule has 0 unspecified atom stereocenters. The number of pyridine rings is 1. The third kappa shape index (κ3) is 4.07. The van der Waals surface area contributed by atoms with Gasteiger partial charge < -0.3 is 15.7 Å². The maximum absolute atomic E-state index is 13.2. The van der Waals surface area contributed by atoms with E-state index in [4.69, 9.17) is 5.11 Å². The van der Waals surface area contributed by atoms with Crippen molar-refractivity contribution >= 4 is 17.2 Å². The number of carbonyl (C=O) groups excluding carboxylic acids is 1. The summed E-state index contributed by atoms with van der Waals surface area (Å²) in [6.07, 6.45) is 3.45. The summed E-state index contributed by atoms with van der Waals surface area (Å²) in [5.41, 5.74) is 5.76. The van der Waals surface area contributed by atoms with Crippen molar-refractivity contribution in [2.45, 2.75) is 13.5 Å². The van der Waals surface area contributed by atoms with Crippen LogP contribution in [0.3, 0.4) is 0 Å². The van der Waals surface area contributed by atoms with Crippen LogP contribution < -0.4 is 10.6 Å². The van der Waals surface area contributed by atoms with Crippen LogP contribution in [0.15, 0.2) is 67.1 Å². The summed E-state index contributed by atoms with van der Waals surface area (Å²) in [6, 6.07) is 17.8. The minimum Gasteiger partial charge on any atom is -0.395 e. The van der Waals surface area contributed by atoms with E-state index >= 15 is 0 Å². The number of aliphatic hydroxyl groups is 1. The average Bonchev–Trinajstić information content (AvgIpc) is 3.24. The molecule has 4 aromatic rings. The van der Waals surface area contributed by atoms with Gasteiger partial charge in [-0.3, -0.25) is 9.20 Å². The van der Waals surface area contributed by atoms with Crippen molar-refractivity contribution in [3.63, 3.8) is 0 Å². The summed E-state index contributed by atoms with van der Waals surface area (Å²) in [4.78, 5) is 13.2. The van der Waals surface area contributed by atoms with Crippen LogP contribution in [-0.4, -0.2) is 38.8 Å². The highest BCUT2D eigenvalue weighted by Gasteiger charge is 2.16. The summed E-state index contributed by atoms with van der Waals surface area (Å²) < 4.78 is 1.73. The first-order chi connectivity index (χ1) is 14.7. The molecular formula is C23H23N5O2. The number of aliphatic hydroxyl groups excluding tert-OH is 1. The zero-order chi connectivity index (χ0) is 20.9. The fraction of sp³-hybridized carbons (Fsp3) is 0.174. The van der Waals surface area contributed by atoms with Crippen LogP contribution in [-0.2, 0) is 6.54 Å². The summed E-state index contributed by atoms with van der Waals surface area (Å²) in [7, 11) is 0. The Kier molecular flexibility index (Phi) is 5.83. The number of nitrogens with zero attached hydrogens (tertiary/aromatic N) is 3. The molecule has 0 saturated heterocycles. The van der Waals surface area contributed by atoms with Crippen LogP contribution in [0.25, 0.3) is 16.8 Å². The smallest absolute Gasteiger partial charge is 0.259 e. The first-order valence-corrected chi connectivity index (χ1v) is 9.77. The lowest BCUT2D eigenvalue weighted by Gasteiger charge is -2.14. The zero-order valence-electron chi connectivity index (χ0n) is 16.7. The predicted molar refractivity (Wildman–Crippen MR) is 116 cm³/mol. The van der Waals surface area contributed by atoms with Crippen molar-refractivity contribution < 1.29 is 9.90 Å². The Labute approximate surface area is 174 Å². The van der Waals surface area contributed by atoms with E-state index in [1.165, 1.54) is 0 Å². The summed E-state index contributed by atoms with van der Waals surface area (Å²) in [6.45, 7) is 3.06. The van der Waals surface area contributed by atoms with E-state index in [0.717, 1.165) is 27.9 Å². The molecule has 4 rings (SSSR count). The molecule has 30 heavy (non-hydrogen) atoms. The Morgan fingerprint density at radius 2 is 1.97 bits per heavy atom. The van der Waals surface area contributed by atoms with Crippen LogP contribution in [0, 0.1) is 6.92 Å². The molecule has 1 amide bonds. The third-order valence-corrected chi connectivity index (χ3v) is 4.98. The van der Waals surface area contributed by atoms with Crippen molar-refractivity contribution in [2.75, 3.05) is 18.5 Å². The number of hydrogen-bond donors (Lipinski definition) is 3. The quantitative estimate of drug-likeness (QED) is 0.414. The SMILES string of the molecule is Cc1c(NC(=O)c2cc(CNCCO)cn3cnnc23)cccc1-c1ccccc1. The van der Waals surface area contributed by atoms with Crippen molar-refractivity contribution in [1.29, 1.82) is 0 Å². The van der Waals surface area contributed by atoms with Crippen LogP contribution in [0.1, 0.15) is 21.5 Å². The number of aromatic nitrogens is 3. The number of amides is 1. The van der Waals surface area contributed by atoms with Crippen LogP contribution in [0.5, 0.6) is 0 Å². The van der Waals surface area contributed by atoms with Crippen molar-refractivity contribution in [3.05, 3.63) is 83.8 Å². The van der Waals surface area contributed by atoms with Gasteiger partial charge in [0.2, 0.25) is 0 Å². The molecule has 0 aliphatic rings. The largest absolute Gasteiger partial charge is 0.395 e. The lowest BCUT2D eigenvalue weighted by Crippen LogP contribution is -2.19. The molecule has 0 bridgehead atoms. The van der Waals surface area contributed by atoms with E-state index < -0.39 is 0 Å². The van der Waals surface area contributed by atoms with Gasteiger partial charge in [0.15, 0.2) is 5.65 Å². The molecule has 0 aliphatic carbocycles. The monoisotopic (exact) mass is 401 g/mol. The minimum atomic E-state index is -0.245. The van der Waals surface area contributed by atoms with E-state index in [1.807, 2.05) is 49.5 Å². The van der Waals surface area contributed by atoms with Gasteiger partial charge in [-0.15, -0.1) is 10.2 Å². The fourth-order valence-electron chi connectivity index (χ4n) is 3.46. The number of hydrogen-bond acceptors (Lipinski definition) is 5.